The highest BCUT2D eigenvalue weighted by molar-refractivity contribution is 5.45. The van der Waals surface area contributed by atoms with Gasteiger partial charge in [-0.25, -0.2) is 0 Å². The molecule has 110 valence electrons. The summed E-state index contributed by atoms with van der Waals surface area (Å²) in [6, 6.07) is 6.43. The topological polar surface area (TPSA) is 39.7 Å². The van der Waals surface area contributed by atoms with Crippen molar-refractivity contribution in [3.8, 4) is 11.5 Å². The molecule has 0 amide bonds. The molecule has 0 bridgehead atoms. The van der Waals surface area contributed by atoms with E-state index in [2.05, 4.69) is 11.4 Å². The van der Waals surface area contributed by atoms with Gasteiger partial charge in [-0.2, -0.15) is 0 Å². The van der Waals surface area contributed by atoms with E-state index in [1.807, 2.05) is 26.1 Å². The zero-order valence-corrected chi connectivity index (χ0v) is 12.4. The second kappa shape index (κ2) is 5.26. The number of ether oxygens (including phenoxy) is 3. The van der Waals surface area contributed by atoms with Gasteiger partial charge < -0.3 is 19.5 Å². The van der Waals surface area contributed by atoms with Crippen LogP contribution in [-0.2, 0) is 4.74 Å². The first-order valence-corrected chi connectivity index (χ1v) is 7.35. The second-order valence-electron chi connectivity index (χ2n) is 5.72. The molecule has 1 aromatic rings. The molecule has 1 saturated carbocycles. The minimum Gasteiger partial charge on any atom is -0.497 e. The van der Waals surface area contributed by atoms with Gasteiger partial charge in [0, 0.05) is 43.5 Å². The Morgan fingerprint density at radius 1 is 1.35 bits per heavy atom. The molecule has 1 fully saturated rings. The summed E-state index contributed by atoms with van der Waals surface area (Å²) in [5, 5.41) is 3.41. The number of nitrogens with one attached hydrogen (secondary N) is 1. The van der Waals surface area contributed by atoms with Gasteiger partial charge >= 0.3 is 0 Å². The highest BCUT2D eigenvalue weighted by atomic mass is 16.5. The molecule has 1 N–H and O–H groups in total. The van der Waals surface area contributed by atoms with E-state index in [4.69, 9.17) is 14.2 Å². The molecule has 2 aliphatic rings. The molecule has 0 radical (unpaired) electrons. The Bertz CT molecular complexity index is 483. The first kappa shape index (κ1) is 13.7. The maximum Gasteiger partial charge on any atom is 0.128 e. The van der Waals surface area contributed by atoms with E-state index < -0.39 is 0 Å². The average molecular weight is 277 g/mol. The summed E-state index contributed by atoms with van der Waals surface area (Å²) in [6.45, 7) is 2.82. The van der Waals surface area contributed by atoms with Crippen molar-refractivity contribution in [2.75, 3.05) is 20.8 Å². The molecular weight excluding hydrogens is 254 g/mol. The summed E-state index contributed by atoms with van der Waals surface area (Å²) in [4.78, 5) is 0. The molecule has 3 rings (SSSR count). The Kier molecular flexibility index (Phi) is 3.61. The van der Waals surface area contributed by atoms with Crippen molar-refractivity contribution in [3.63, 3.8) is 0 Å². The Morgan fingerprint density at radius 2 is 2.15 bits per heavy atom. The normalized spacial score (nSPS) is 31.4. The summed E-state index contributed by atoms with van der Waals surface area (Å²) >= 11 is 0. The fourth-order valence-electron chi connectivity index (χ4n) is 3.41. The second-order valence-corrected chi connectivity index (χ2v) is 5.72. The third-order valence-electron chi connectivity index (χ3n) is 4.45. The van der Waals surface area contributed by atoms with Gasteiger partial charge in [-0.1, -0.05) is 6.07 Å². The lowest BCUT2D eigenvalue weighted by atomic mass is 9.71. The minimum atomic E-state index is -0.0626. The van der Waals surface area contributed by atoms with Crippen molar-refractivity contribution in [2.45, 2.75) is 43.9 Å². The molecule has 4 nitrogen and oxygen atoms in total. The highest BCUT2D eigenvalue weighted by Crippen LogP contribution is 2.50. The fourth-order valence-corrected chi connectivity index (χ4v) is 3.41. The Labute approximate surface area is 120 Å². The number of benzene rings is 1. The first-order chi connectivity index (χ1) is 9.69. The van der Waals surface area contributed by atoms with Gasteiger partial charge in [-0.15, -0.1) is 0 Å². The van der Waals surface area contributed by atoms with Crippen LogP contribution in [0, 0.1) is 0 Å². The van der Waals surface area contributed by atoms with E-state index in [0.29, 0.717) is 12.1 Å². The van der Waals surface area contributed by atoms with Crippen LogP contribution in [0.2, 0.25) is 0 Å². The van der Waals surface area contributed by atoms with Gasteiger partial charge in [-0.05, 0) is 20.0 Å². The van der Waals surface area contributed by atoms with Crippen molar-refractivity contribution in [1.82, 2.24) is 5.32 Å². The summed E-state index contributed by atoms with van der Waals surface area (Å²) in [5.74, 6) is 1.79. The van der Waals surface area contributed by atoms with Crippen LogP contribution >= 0.6 is 0 Å². The maximum atomic E-state index is 6.31. The number of fused-ring (bicyclic) bond motifs is 1. The minimum absolute atomic E-state index is 0.0626. The number of methoxy groups -OCH3 is 1. The molecule has 20 heavy (non-hydrogen) atoms. The van der Waals surface area contributed by atoms with Gasteiger partial charge in [0.1, 0.15) is 17.1 Å². The van der Waals surface area contributed by atoms with Gasteiger partial charge in [0.25, 0.3) is 0 Å². The molecule has 4 heteroatoms. The van der Waals surface area contributed by atoms with Gasteiger partial charge in [0.15, 0.2) is 0 Å². The molecule has 1 spiro atoms. The lowest BCUT2D eigenvalue weighted by Gasteiger charge is -2.51. The van der Waals surface area contributed by atoms with Crippen molar-refractivity contribution >= 4 is 0 Å². The molecular formula is C16H23NO3. The van der Waals surface area contributed by atoms with Crippen LogP contribution in [0.15, 0.2) is 18.2 Å². The predicted octanol–water partition coefficient (Wildman–Crippen LogP) is 2.68. The fraction of sp³-hybridized carbons (Fsp3) is 0.625. The van der Waals surface area contributed by atoms with Crippen LogP contribution in [-0.4, -0.2) is 32.5 Å². The standard InChI is InChI=1S/C16H23NO3/c1-4-19-12-8-16(9-12)10-14(17-2)13-6-5-11(18-3)7-15(13)20-16/h5-7,12,14,17H,4,8-10H2,1-3H3. The van der Waals surface area contributed by atoms with Crippen LogP contribution < -0.4 is 14.8 Å². The number of hydrogen-bond donors (Lipinski definition) is 1. The quantitative estimate of drug-likeness (QED) is 0.918. The van der Waals surface area contributed by atoms with E-state index in [-0.39, 0.29) is 5.60 Å². The van der Waals surface area contributed by atoms with Gasteiger partial charge in [0.2, 0.25) is 0 Å². The Hall–Kier alpha value is -1.26. The lowest BCUT2D eigenvalue weighted by molar-refractivity contribution is -0.135. The zero-order valence-electron chi connectivity index (χ0n) is 12.4. The number of hydrogen-bond acceptors (Lipinski definition) is 4. The zero-order chi connectivity index (χ0) is 14.2. The average Bonchev–Trinajstić information content (AvgIpc) is 2.44. The molecule has 1 aliphatic heterocycles. The Balaban J connectivity index is 1.82. The van der Waals surface area contributed by atoms with E-state index >= 15 is 0 Å². The number of rotatable bonds is 4. The molecule has 1 atom stereocenters. The summed E-state index contributed by atoms with van der Waals surface area (Å²) < 4.78 is 17.3. The summed E-state index contributed by atoms with van der Waals surface area (Å²) in [6.07, 6.45) is 3.32. The molecule has 1 aliphatic carbocycles. The Morgan fingerprint density at radius 3 is 2.80 bits per heavy atom. The highest BCUT2D eigenvalue weighted by Gasteiger charge is 2.51. The van der Waals surface area contributed by atoms with Crippen molar-refractivity contribution < 1.29 is 14.2 Å². The first-order valence-electron chi connectivity index (χ1n) is 7.35. The van der Waals surface area contributed by atoms with E-state index in [0.717, 1.165) is 37.4 Å². The van der Waals surface area contributed by atoms with Crippen LogP contribution in [0.3, 0.4) is 0 Å². The predicted molar refractivity (Wildman–Crippen MR) is 77.4 cm³/mol. The molecule has 1 unspecified atom stereocenters. The third-order valence-corrected chi connectivity index (χ3v) is 4.45. The smallest absolute Gasteiger partial charge is 0.128 e. The van der Waals surface area contributed by atoms with E-state index in [1.54, 1.807) is 7.11 Å². The summed E-state index contributed by atoms with van der Waals surface area (Å²) in [5.41, 5.74) is 1.16. The molecule has 0 aromatic heterocycles. The van der Waals surface area contributed by atoms with Crippen LogP contribution in [0.1, 0.15) is 37.8 Å². The van der Waals surface area contributed by atoms with Crippen molar-refractivity contribution in [2.24, 2.45) is 0 Å². The van der Waals surface area contributed by atoms with Crippen molar-refractivity contribution in [3.05, 3.63) is 23.8 Å². The lowest BCUT2D eigenvalue weighted by Crippen LogP contribution is -2.56. The molecule has 0 saturated heterocycles. The van der Waals surface area contributed by atoms with Crippen LogP contribution in [0.4, 0.5) is 0 Å². The molecule has 1 aromatic carbocycles. The van der Waals surface area contributed by atoms with Gasteiger partial charge in [-0.3, -0.25) is 0 Å². The SMILES string of the molecule is CCOC1CC2(C1)CC(NC)c1ccc(OC)cc1O2. The monoisotopic (exact) mass is 277 g/mol. The van der Waals surface area contributed by atoms with Gasteiger partial charge in [0.05, 0.1) is 13.2 Å². The van der Waals surface area contributed by atoms with Crippen molar-refractivity contribution in [1.29, 1.82) is 0 Å². The van der Waals surface area contributed by atoms with Crippen LogP contribution in [0.25, 0.3) is 0 Å². The molecule has 1 heterocycles. The largest absolute Gasteiger partial charge is 0.497 e. The van der Waals surface area contributed by atoms with E-state index in [1.165, 1.54) is 5.56 Å². The maximum absolute atomic E-state index is 6.31. The van der Waals surface area contributed by atoms with E-state index in [9.17, 15) is 0 Å². The third kappa shape index (κ3) is 2.27. The van der Waals surface area contributed by atoms with Crippen LogP contribution in [0.5, 0.6) is 11.5 Å². The summed E-state index contributed by atoms with van der Waals surface area (Å²) in [7, 11) is 3.70.